The van der Waals surface area contributed by atoms with Crippen molar-refractivity contribution in [2.45, 2.75) is 31.7 Å². The van der Waals surface area contributed by atoms with Crippen molar-refractivity contribution in [3.05, 3.63) is 59.2 Å². The van der Waals surface area contributed by atoms with Gasteiger partial charge < -0.3 is 15.8 Å². The molecule has 1 amide bonds. The van der Waals surface area contributed by atoms with Crippen LogP contribution in [0, 0.1) is 0 Å². The maximum atomic E-state index is 12.4. The lowest BCUT2D eigenvalue weighted by molar-refractivity contribution is -0.274. The lowest BCUT2D eigenvalue weighted by Crippen LogP contribution is -2.31. The van der Waals surface area contributed by atoms with Gasteiger partial charge in [-0.1, -0.05) is 12.1 Å². The van der Waals surface area contributed by atoms with Gasteiger partial charge in [-0.25, -0.2) is 0 Å². The first-order valence-corrected chi connectivity index (χ1v) is 7.87. The van der Waals surface area contributed by atoms with E-state index in [2.05, 4.69) is 10.1 Å². The molecule has 3 rings (SSSR count). The fourth-order valence-corrected chi connectivity index (χ4v) is 3.06. The number of nitrogens with two attached hydrogens (primary N) is 1. The highest BCUT2D eigenvalue weighted by molar-refractivity contribution is 5.94. The molecule has 1 unspecified atom stereocenters. The van der Waals surface area contributed by atoms with Crippen LogP contribution in [0.2, 0.25) is 0 Å². The summed E-state index contributed by atoms with van der Waals surface area (Å²) in [5, 5.41) is 2.88. The maximum absolute atomic E-state index is 12.4. The van der Waals surface area contributed by atoms with Gasteiger partial charge in [0.2, 0.25) is 0 Å². The maximum Gasteiger partial charge on any atom is 0.573 e. The summed E-state index contributed by atoms with van der Waals surface area (Å²) in [5.74, 6) is -0.862. The zero-order valence-electron chi connectivity index (χ0n) is 13.7. The van der Waals surface area contributed by atoms with E-state index in [0.717, 1.165) is 42.5 Å². The minimum atomic E-state index is -4.79. The molecule has 3 N–H and O–H groups in total. The first-order chi connectivity index (χ1) is 11.8. The number of carbonyl (C=O) groups is 1. The van der Waals surface area contributed by atoms with E-state index in [1.807, 2.05) is 12.1 Å². The first-order valence-electron chi connectivity index (χ1n) is 7.87. The van der Waals surface area contributed by atoms with Crippen LogP contribution >= 0.6 is 12.4 Å². The number of aryl methyl sites for hydroxylation is 1. The molecule has 0 aromatic heterocycles. The Morgan fingerprint density at radius 2 is 1.96 bits per heavy atom. The zero-order chi connectivity index (χ0) is 18.0. The van der Waals surface area contributed by atoms with E-state index in [9.17, 15) is 18.0 Å². The minimum Gasteiger partial charge on any atom is -0.406 e. The minimum absolute atomic E-state index is 0. The molecule has 0 bridgehead atoms. The van der Waals surface area contributed by atoms with Gasteiger partial charge in [0.1, 0.15) is 5.75 Å². The highest BCUT2D eigenvalue weighted by atomic mass is 35.5. The van der Waals surface area contributed by atoms with Gasteiger partial charge in [0.05, 0.1) is 6.04 Å². The SMILES string of the molecule is Cl.Nc1ccc2c(c1)CCCC2NC(=O)c1cccc(OC(F)(F)F)c1. The third-order valence-electron chi connectivity index (χ3n) is 4.12. The van der Waals surface area contributed by atoms with Crippen molar-refractivity contribution in [1.82, 2.24) is 5.32 Å². The van der Waals surface area contributed by atoms with Gasteiger partial charge in [-0.3, -0.25) is 4.79 Å². The number of amides is 1. The monoisotopic (exact) mass is 386 g/mol. The molecular weight excluding hydrogens is 369 g/mol. The molecular formula is C18H18ClF3N2O2. The van der Waals surface area contributed by atoms with Crippen LogP contribution in [0.4, 0.5) is 18.9 Å². The van der Waals surface area contributed by atoms with Crippen LogP contribution in [0.5, 0.6) is 5.75 Å². The topological polar surface area (TPSA) is 64.3 Å². The number of nitrogen functional groups attached to an aromatic ring is 1. The van der Waals surface area contributed by atoms with E-state index in [-0.39, 0.29) is 24.0 Å². The molecule has 0 spiro atoms. The van der Waals surface area contributed by atoms with Crippen molar-refractivity contribution in [2.75, 3.05) is 5.73 Å². The van der Waals surface area contributed by atoms with E-state index < -0.39 is 18.0 Å². The number of halogens is 4. The lowest BCUT2D eigenvalue weighted by Gasteiger charge is -2.26. The second-order valence-corrected chi connectivity index (χ2v) is 5.95. The van der Waals surface area contributed by atoms with Crippen LogP contribution in [0.1, 0.15) is 40.4 Å². The standard InChI is InChI=1S/C18H17F3N2O2.ClH/c19-18(20,21)25-14-5-1-4-12(10-14)17(24)23-16-6-2-3-11-9-13(22)7-8-15(11)16;/h1,4-5,7-10,16H,2-3,6,22H2,(H,23,24);1H. The molecule has 2 aromatic rings. The van der Waals surface area contributed by atoms with E-state index in [0.29, 0.717) is 5.69 Å². The Balaban J connectivity index is 0.00000243. The van der Waals surface area contributed by atoms with E-state index in [4.69, 9.17) is 5.73 Å². The average molecular weight is 387 g/mol. The molecule has 1 atom stereocenters. The number of hydrogen-bond donors (Lipinski definition) is 2. The number of nitrogens with one attached hydrogen (secondary N) is 1. The number of carbonyl (C=O) groups excluding carboxylic acids is 1. The number of rotatable bonds is 3. The van der Waals surface area contributed by atoms with Gasteiger partial charge in [-0.2, -0.15) is 0 Å². The molecule has 0 saturated carbocycles. The van der Waals surface area contributed by atoms with Crippen LogP contribution < -0.4 is 15.8 Å². The van der Waals surface area contributed by atoms with Gasteiger partial charge in [0.25, 0.3) is 5.91 Å². The average Bonchev–Trinajstić information content (AvgIpc) is 2.53. The second kappa shape index (κ2) is 7.86. The largest absolute Gasteiger partial charge is 0.573 e. The molecule has 140 valence electrons. The molecule has 4 nitrogen and oxygen atoms in total. The summed E-state index contributed by atoms with van der Waals surface area (Å²) in [7, 11) is 0. The van der Waals surface area contributed by atoms with Gasteiger partial charge in [-0.15, -0.1) is 25.6 Å². The summed E-state index contributed by atoms with van der Waals surface area (Å²) in [6, 6.07) is 10.4. The van der Waals surface area contributed by atoms with Crippen molar-refractivity contribution >= 4 is 24.0 Å². The zero-order valence-corrected chi connectivity index (χ0v) is 14.5. The molecule has 0 aliphatic heterocycles. The third-order valence-corrected chi connectivity index (χ3v) is 4.12. The van der Waals surface area contributed by atoms with E-state index in [1.54, 1.807) is 6.07 Å². The fourth-order valence-electron chi connectivity index (χ4n) is 3.06. The molecule has 1 aliphatic carbocycles. The molecule has 26 heavy (non-hydrogen) atoms. The van der Waals surface area contributed by atoms with Gasteiger partial charge in [-0.05, 0) is 60.7 Å². The lowest BCUT2D eigenvalue weighted by atomic mass is 9.87. The number of fused-ring (bicyclic) bond motifs is 1. The summed E-state index contributed by atoms with van der Waals surface area (Å²) in [4.78, 5) is 12.4. The van der Waals surface area contributed by atoms with Crippen LogP contribution in [0.15, 0.2) is 42.5 Å². The Kier molecular flexibility index (Phi) is 6.02. The Morgan fingerprint density at radius 3 is 2.69 bits per heavy atom. The normalized spacial score (nSPS) is 16.2. The first kappa shape index (κ1) is 19.9. The fraction of sp³-hybridized carbons (Fsp3) is 0.278. The van der Waals surface area contributed by atoms with Gasteiger partial charge >= 0.3 is 6.36 Å². The number of hydrogen-bond acceptors (Lipinski definition) is 3. The van der Waals surface area contributed by atoms with Crippen LogP contribution in [-0.2, 0) is 6.42 Å². The summed E-state index contributed by atoms with van der Waals surface area (Å²) < 4.78 is 40.8. The van der Waals surface area contributed by atoms with Crippen molar-refractivity contribution in [1.29, 1.82) is 0 Å². The molecule has 0 saturated heterocycles. The number of benzene rings is 2. The highest BCUT2D eigenvalue weighted by Crippen LogP contribution is 2.31. The predicted molar refractivity (Wildman–Crippen MR) is 94.4 cm³/mol. The summed E-state index contributed by atoms with van der Waals surface area (Å²) >= 11 is 0. The second-order valence-electron chi connectivity index (χ2n) is 5.95. The predicted octanol–water partition coefficient (Wildman–Crippen LogP) is 4.40. The third kappa shape index (κ3) is 4.82. The summed E-state index contributed by atoms with van der Waals surface area (Å²) in [6.45, 7) is 0. The highest BCUT2D eigenvalue weighted by Gasteiger charge is 2.31. The van der Waals surface area contributed by atoms with Crippen LogP contribution in [0.3, 0.4) is 0 Å². The number of alkyl halides is 3. The molecule has 0 radical (unpaired) electrons. The summed E-state index contributed by atoms with van der Waals surface area (Å²) in [6.07, 6.45) is -2.24. The Morgan fingerprint density at radius 1 is 1.19 bits per heavy atom. The van der Waals surface area contributed by atoms with Crippen LogP contribution in [-0.4, -0.2) is 12.3 Å². The Bertz CT molecular complexity index is 796. The molecule has 0 heterocycles. The molecule has 1 aliphatic rings. The van der Waals surface area contributed by atoms with Gasteiger partial charge in [0.15, 0.2) is 0 Å². The molecule has 8 heteroatoms. The Hall–Kier alpha value is -2.41. The van der Waals surface area contributed by atoms with Crippen molar-refractivity contribution in [3.63, 3.8) is 0 Å². The summed E-state index contributed by atoms with van der Waals surface area (Å²) in [5.41, 5.74) is 8.66. The molecule has 2 aromatic carbocycles. The van der Waals surface area contributed by atoms with E-state index >= 15 is 0 Å². The number of anilines is 1. The van der Waals surface area contributed by atoms with Crippen molar-refractivity contribution in [3.8, 4) is 5.75 Å². The Labute approximate surface area is 154 Å². The quantitative estimate of drug-likeness (QED) is 0.768. The van der Waals surface area contributed by atoms with Crippen molar-refractivity contribution in [2.24, 2.45) is 0 Å². The van der Waals surface area contributed by atoms with Crippen LogP contribution in [0.25, 0.3) is 0 Å². The molecule has 0 fully saturated rings. The van der Waals surface area contributed by atoms with Gasteiger partial charge in [0, 0.05) is 11.3 Å². The van der Waals surface area contributed by atoms with E-state index in [1.165, 1.54) is 12.1 Å². The smallest absolute Gasteiger partial charge is 0.406 e. The van der Waals surface area contributed by atoms with Crippen molar-refractivity contribution < 1.29 is 22.7 Å². The number of ether oxygens (including phenoxy) is 1.